The van der Waals surface area contributed by atoms with Gasteiger partial charge in [-0.25, -0.2) is 0 Å². The minimum atomic E-state index is -1.29. The normalized spacial score (nSPS) is 10.3. The fraction of sp³-hybridized carbons (Fsp3) is 0.500. The molecular formula is C4H8ClFeNO4. The zero-order valence-electron chi connectivity index (χ0n) is 5.33. The van der Waals surface area contributed by atoms with Crippen molar-refractivity contribution in [2.45, 2.75) is 12.5 Å². The van der Waals surface area contributed by atoms with E-state index < -0.39 is 24.4 Å². The zero-order chi connectivity index (χ0) is 7.44. The van der Waals surface area contributed by atoms with E-state index in [2.05, 4.69) is 0 Å². The molecule has 0 radical (unpaired) electrons. The van der Waals surface area contributed by atoms with E-state index in [0.29, 0.717) is 0 Å². The van der Waals surface area contributed by atoms with E-state index in [-0.39, 0.29) is 29.5 Å². The molecule has 0 bridgehead atoms. The molecule has 5 nitrogen and oxygen atoms in total. The fourth-order valence-electron chi connectivity index (χ4n) is 0.275. The second-order valence-electron chi connectivity index (χ2n) is 1.54. The first-order valence-electron chi connectivity index (χ1n) is 2.24. The van der Waals surface area contributed by atoms with Crippen molar-refractivity contribution in [3.63, 3.8) is 0 Å². The number of carboxylic acids is 2. The Morgan fingerprint density at radius 1 is 1.36 bits per heavy atom. The first kappa shape index (κ1) is 17.0. The Bertz CT molecular complexity index is 142. The van der Waals surface area contributed by atoms with Crippen LogP contribution in [0.5, 0.6) is 0 Å². The second-order valence-corrected chi connectivity index (χ2v) is 1.54. The third kappa shape index (κ3) is 9.71. The first-order valence-corrected chi connectivity index (χ1v) is 2.24. The number of halogens is 1. The van der Waals surface area contributed by atoms with Crippen LogP contribution in [-0.2, 0) is 26.7 Å². The van der Waals surface area contributed by atoms with E-state index in [9.17, 15) is 9.59 Å². The van der Waals surface area contributed by atoms with Gasteiger partial charge in [-0.3, -0.25) is 9.59 Å². The van der Waals surface area contributed by atoms with Crippen molar-refractivity contribution >= 4 is 24.3 Å². The Hall–Kier alpha value is -0.291. The molecule has 0 saturated carbocycles. The topological polar surface area (TPSA) is 101 Å². The van der Waals surface area contributed by atoms with Crippen LogP contribution < -0.4 is 5.73 Å². The summed E-state index contributed by atoms with van der Waals surface area (Å²) in [5, 5.41) is 16.0. The Kier molecular flexibility index (Phi) is 12.1. The van der Waals surface area contributed by atoms with Crippen molar-refractivity contribution in [3.05, 3.63) is 0 Å². The number of rotatable bonds is 3. The Morgan fingerprint density at radius 3 is 1.82 bits per heavy atom. The standard InChI is InChI=1S/C4H7NO4.ClH.Fe/c5-2(4(8)9)1-3(6)7;;/h2H,1,5H2,(H,6,7)(H,8,9);1H;. The van der Waals surface area contributed by atoms with E-state index in [4.69, 9.17) is 15.9 Å². The molecule has 0 rings (SSSR count). The van der Waals surface area contributed by atoms with Crippen molar-refractivity contribution in [1.82, 2.24) is 0 Å². The molecule has 1 atom stereocenters. The van der Waals surface area contributed by atoms with Crippen molar-refractivity contribution in [2.24, 2.45) is 5.73 Å². The number of carboxylic acid groups (broad SMARTS) is 2. The summed E-state index contributed by atoms with van der Waals surface area (Å²) in [6, 6.07) is -1.29. The molecule has 4 N–H and O–H groups in total. The smallest absolute Gasteiger partial charge is 0.321 e. The molecule has 0 aliphatic rings. The summed E-state index contributed by atoms with van der Waals surface area (Å²) < 4.78 is 0. The Balaban J connectivity index is -0.000000320. The van der Waals surface area contributed by atoms with Gasteiger partial charge < -0.3 is 15.9 Å². The van der Waals surface area contributed by atoms with Gasteiger partial charge in [0.2, 0.25) is 0 Å². The van der Waals surface area contributed by atoms with E-state index in [1.807, 2.05) is 0 Å². The zero-order valence-corrected chi connectivity index (χ0v) is 7.26. The van der Waals surface area contributed by atoms with Gasteiger partial charge in [0.25, 0.3) is 0 Å². The van der Waals surface area contributed by atoms with E-state index in [0.717, 1.165) is 0 Å². The van der Waals surface area contributed by atoms with Crippen LogP contribution >= 0.6 is 12.4 Å². The summed E-state index contributed by atoms with van der Waals surface area (Å²) in [5.74, 6) is -2.50. The molecule has 11 heavy (non-hydrogen) atoms. The van der Waals surface area contributed by atoms with Crippen LogP contribution in [0.1, 0.15) is 6.42 Å². The van der Waals surface area contributed by atoms with Gasteiger partial charge in [-0.15, -0.1) is 12.4 Å². The van der Waals surface area contributed by atoms with E-state index in [1.54, 1.807) is 0 Å². The summed E-state index contributed by atoms with van der Waals surface area (Å²) in [5.41, 5.74) is 4.84. The Morgan fingerprint density at radius 2 is 1.73 bits per heavy atom. The van der Waals surface area contributed by atoms with Crippen LogP contribution in [0.15, 0.2) is 0 Å². The van der Waals surface area contributed by atoms with Gasteiger partial charge in [-0.2, -0.15) is 0 Å². The van der Waals surface area contributed by atoms with Gasteiger partial charge >= 0.3 is 11.9 Å². The Labute approximate surface area is 79.8 Å². The quantitative estimate of drug-likeness (QED) is 0.551. The molecule has 0 aromatic heterocycles. The van der Waals surface area contributed by atoms with E-state index in [1.165, 1.54) is 0 Å². The number of aliphatic carboxylic acids is 2. The predicted octanol–water partition coefficient (Wildman–Crippen LogP) is -0.708. The van der Waals surface area contributed by atoms with E-state index >= 15 is 0 Å². The first-order chi connectivity index (χ1) is 4.04. The van der Waals surface area contributed by atoms with Gasteiger partial charge in [0.1, 0.15) is 6.04 Å². The van der Waals surface area contributed by atoms with Crippen molar-refractivity contribution < 1.29 is 36.9 Å². The molecule has 0 aromatic rings. The number of carbonyl (C=O) groups is 2. The SMILES string of the molecule is Cl.NC(CC(=O)O)C(=O)O.[Fe]. The van der Waals surface area contributed by atoms with Crippen molar-refractivity contribution in [3.8, 4) is 0 Å². The third-order valence-corrected chi connectivity index (χ3v) is 0.712. The van der Waals surface area contributed by atoms with Gasteiger partial charge in [0, 0.05) is 17.1 Å². The molecule has 0 amide bonds. The maximum Gasteiger partial charge on any atom is 0.321 e. The fourth-order valence-corrected chi connectivity index (χ4v) is 0.275. The van der Waals surface area contributed by atoms with Crippen LogP contribution in [0.4, 0.5) is 0 Å². The molecule has 0 saturated heterocycles. The molecule has 0 aliphatic heterocycles. The minimum Gasteiger partial charge on any atom is -0.481 e. The van der Waals surface area contributed by atoms with Crippen LogP contribution in [-0.4, -0.2) is 28.2 Å². The molecule has 0 aromatic carbocycles. The van der Waals surface area contributed by atoms with Crippen LogP contribution in [0.25, 0.3) is 0 Å². The minimum absolute atomic E-state index is 0. The van der Waals surface area contributed by atoms with Crippen molar-refractivity contribution in [2.75, 3.05) is 0 Å². The molecule has 68 valence electrons. The van der Waals surface area contributed by atoms with Gasteiger partial charge in [0.15, 0.2) is 0 Å². The monoisotopic (exact) mass is 225 g/mol. The third-order valence-electron chi connectivity index (χ3n) is 0.712. The summed E-state index contributed by atoms with van der Waals surface area (Å²) in [4.78, 5) is 19.6. The average molecular weight is 225 g/mol. The molecule has 0 aliphatic carbocycles. The molecule has 7 heteroatoms. The van der Waals surface area contributed by atoms with Crippen LogP contribution in [0, 0.1) is 0 Å². The average Bonchev–Trinajstić information content (AvgIpc) is 1.63. The molecule has 0 heterocycles. The summed E-state index contributed by atoms with van der Waals surface area (Å²) >= 11 is 0. The number of hydrogen-bond acceptors (Lipinski definition) is 3. The van der Waals surface area contributed by atoms with Crippen molar-refractivity contribution in [1.29, 1.82) is 0 Å². The van der Waals surface area contributed by atoms with Crippen LogP contribution in [0.2, 0.25) is 0 Å². The van der Waals surface area contributed by atoms with Gasteiger partial charge in [-0.05, 0) is 0 Å². The second kappa shape index (κ2) is 7.81. The predicted molar refractivity (Wildman–Crippen MR) is 35.1 cm³/mol. The maximum absolute atomic E-state index is 9.85. The molecule has 1 unspecified atom stereocenters. The summed E-state index contributed by atoms with van der Waals surface area (Å²) in [6.07, 6.45) is -0.532. The summed E-state index contributed by atoms with van der Waals surface area (Å²) in [7, 11) is 0. The maximum atomic E-state index is 9.85. The number of hydrogen-bond donors (Lipinski definition) is 3. The molecular weight excluding hydrogens is 217 g/mol. The largest absolute Gasteiger partial charge is 0.481 e. The molecule has 0 fully saturated rings. The van der Waals surface area contributed by atoms with Gasteiger partial charge in [0.05, 0.1) is 6.42 Å². The van der Waals surface area contributed by atoms with Gasteiger partial charge in [-0.1, -0.05) is 0 Å². The van der Waals surface area contributed by atoms with Crippen LogP contribution in [0.3, 0.4) is 0 Å². The molecule has 0 spiro atoms. The summed E-state index contributed by atoms with van der Waals surface area (Å²) in [6.45, 7) is 0. The number of nitrogens with two attached hydrogens (primary N) is 1.